The van der Waals surface area contributed by atoms with Crippen molar-refractivity contribution >= 4 is 5.91 Å². The second-order valence-electron chi connectivity index (χ2n) is 6.58. The molecule has 5 nitrogen and oxygen atoms in total. The number of carbonyl (C=O) groups excluding carboxylic acids is 1. The van der Waals surface area contributed by atoms with E-state index >= 15 is 0 Å². The first-order valence-corrected chi connectivity index (χ1v) is 9.29. The van der Waals surface area contributed by atoms with E-state index in [4.69, 9.17) is 0 Å². The lowest BCUT2D eigenvalue weighted by atomic mass is 10.1. The van der Waals surface area contributed by atoms with Crippen LogP contribution in [0.25, 0.3) is 5.69 Å². The summed E-state index contributed by atoms with van der Waals surface area (Å²) in [5, 5.41) is 10.7. The minimum Gasteiger partial charge on any atom is -0.355 e. The van der Waals surface area contributed by atoms with Crippen LogP contribution < -0.4 is 10.6 Å². The van der Waals surface area contributed by atoms with Crippen molar-refractivity contribution in [3.63, 3.8) is 0 Å². The highest BCUT2D eigenvalue weighted by atomic mass is 16.1. The van der Waals surface area contributed by atoms with Crippen molar-refractivity contribution in [2.45, 2.75) is 26.3 Å². The maximum absolute atomic E-state index is 11.5. The molecule has 0 spiro atoms. The van der Waals surface area contributed by atoms with Gasteiger partial charge in [-0.25, -0.2) is 4.68 Å². The largest absolute Gasteiger partial charge is 0.355 e. The van der Waals surface area contributed by atoms with Crippen LogP contribution in [0, 0.1) is 6.92 Å². The smallest absolute Gasteiger partial charge is 0.251 e. The molecule has 27 heavy (non-hydrogen) atoms. The molecule has 0 radical (unpaired) electrons. The first-order chi connectivity index (χ1) is 13.2. The van der Waals surface area contributed by atoms with Crippen LogP contribution in [-0.4, -0.2) is 29.3 Å². The normalized spacial score (nSPS) is 10.7. The Morgan fingerprint density at radius 2 is 1.81 bits per heavy atom. The number of para-hydroxylation sites is 1. The van der Waals surface area contributed by atoms with E-state index < -0.39 is 0 Å². The lowest BCUT2D eigenvalue weighted by Crippen LogP contribution is -2.18. The molecule has 140 valence electrons. The number of aryl methyl sites for hydroxylation is 2. The summed E-state index contributed by atoms with van der Waals surface area (Å²) >= 11 is 0. The van der Waals surface area contributed by atoms with Crippen LogP contribution in [0.2, 0.25) is 0 Å². The third-order valence-electron chi connectivity index (χ3n) is 4.59. The van der Waals surface area contributed by atoms with E-state index in [0.29, 0.717) is 5.56 Å². The van der Waals surface area contributed by atoms with Crippen molar-refractivity contribution in [1.82, 2.24) is 20.4 Å². The monoisotopic (exact) mass is 362 g/mol. The van der Waals surface area contributed by atoms with Gasteiger partial charge in [-0.05, 0) is 61.7 Å². The van der Waals surface area contributed by atoms with Crippen LogP contribution in [0.4, 0.5) is 0 Å². The van der Waals surface area contributed by atoms with Gasteiger partial charge >= 0.3 is 0 Å². The van der Waals surface area contributed by atoms with E-state index in [2.05, 4.69) is 41.0 Å². The number of nitrogens with one attached hydrogen (secondary N) is 2. The molecule has 0 aliphatic heterocycles. The van der Waals surface area contributed by atoms with Gasteiger partial charge in [0.25, 0.3) is 5.91 Å². The second kappa shape index (κ2) is 9.14. The molecule has 3 aromatic rings. The predicted molar refractivity (Wildman–Crippen MR) is 108 cm³/mol. The van der Waals surface area contributed by atoms with E-state index in [-0.39, 0.29) is 5.91 Å². The molecule has 0 fully saturated rings. The Bertz CT molecular complexity index is 869. The molecule has 1 amide bonds. The maximum atomic E-state index is 11.5. The van der Waals surface area contributed by atoms with Gasteiger partial charge in [-0.15, -0.1) is 0 Å². The Kier molecular flexibility index (Phi) is 6.39. The molecule has 2 aromatic carbocycles. The zero-order valence-corrected chi connectivity index (χ0v) is 15.9. The summed E-state index contributed by atoms with van der Waals surface area (Å²) in [4.78, 5) is 11.5. The molecular formula is C22H26N4O. The van der Waals surface area contributed by atoms with Crippen molar-refractivity contribution in [3.05, 3.63) is 83.2 Å². The lowest BCUT2D eigenvalue weighted by molar-refractivity contribution is 0.0963. The Hall–Kier alpha value is -2.92. The highest BCUT2D eigenvalue weighted by molar-refractivity contribution is 5.93. The van der Waals surface area contributed by atoms with Gasteiger partial charge in [-0.3, -0.25) is 4.79 Å². The zero-order chi connectivity index (χ0) is 19.1. The number of carbonyl (C=O) groups is 1. The number of amides is 1. The van der Waals surface area contributed by atoms with Gasteiger partial charge in [0.05, 0.1) is 11.4 Å². The van der Waals surface area contributed by atoms with Crippen molar-refractivity contribution in [3.8, 4) is 5.69 Å². The number of aromatic nitrogens is 2. The van der Waals surface area contributed by atoms with Gasteiger partial charge in [0.2, 0.25) is 0 Å². The van der Waals surface area contributed by atoms with Gasteiger partial charge in [0.1, 0.15) is 0 Å². The molecule has 0 saturated carbocycles. The van der Waals surface area contributed by atoms with Crippen LogP contribution in [0.3, 0.4) is 0 Å². The van der Waals surface area contributed by atoms with Gasteiger partial charge < -0.3 is 10.6 Å². The fourth-order valence-electron chi connectivity index (χ4n) is 3.01. The number of nitrogens with zero attached hydrogens (tertiary/aromatic N) is 2. The summed E-state index contributed by atoms with van der Waals surface area (Å²) in [5.74, 6) is -0.0547. The third kappa shape index (κ3) is 5.05. The average Bonchev–Trinajstić information content (AvgIpc) is 3.09. The fraction of sp³-hybridized carbons (Fsp3) is 0.273. The summed E-state index contributed by atoms with van der Waals surface area (Å²) in [6.45, 7) is 3.81. The second-order valence-corrected chi connectivity index (χ2v) is 6.58. The van der Waals surface area contributed by atoms with Crippen LogP contribution in [0.5, 0.6) is 0 Å². The quantitative estimate of drug-likeness (QED) is 0.605. The van der Waals surface area contributed by atoms with E-state index in [9.17, 15) is 4.79 Å². The topological polar surface area (TPSA) is 59.0 Å². The molecule has 1 heterocycles. The van der Waals surface area contributed by atoms with Crippen LogP contribution in [0.1, 0.15) is 33.6 Å². The van der Waals surface area contributed by atoms with Crippen LogP contribution >= 0.6 is 0 Å². The van der Waals surface area contributed by atoms with E-state index in [1.807, 2.05) is 47.1 Å². The zero-order valence-electron chi connectivity index (χ0n) is 15.9. The maximum Gasteiger partial charge on any atom is 0.251 e. The SMILES string of the molecule is CNC(=O)c1ccc(CNCCCc2cn(-c3ccccc3)nc2C)cc1. The summed E-state index contributed by atoms with van der Waals surface area (Å²) < 4.78 is 1.95. The molecule has 0 atom stereocenters. The highest BCUT2D eigenvalue weighted by Crippen LogP contribution is 2.13. The summed E-state index contributed by atoms with van der Waals surface area (Å²) in [6.07, 6.45) is 4.18. The summed E-state index contributed by atoms with van der Waals surface area (Å²) in [7, 11) is 1.64. The summed E-state index contributed by atoms with van der Waals surface area (Å²) in [5.41, 5.74) is 5.33. The average molecular weight is 362 g/mol. The number of rotatable bonds is 8. The third-order valence-corrected chi connectivity index (χ3v) is 4.59. The highest BCUT2D eigenvalue weighted by Gasteiger charge is 2.06. The molecule has 3 rings (SSSR count). The minimum absolute atomic E-state index is 0.0547. The van der Waals surface area contributed by atoms with Gasteiger partial charge in [-0.1, -0.05) is 30.3 Å². The van der Waals surface area contributed by atoms with Crippen molar-refractivity contribution in [2.75, 3.05) is 13.6 Å². The van der Waals surface area contributed by atoms with Crippen molar-refractivity contribution in [1.29, 1.82) is 0 Å². The molecular weight excluding hydrogens is 336 g/mol. The number of hydrogen-bond acceptors (Lipinski definition) is 3. The Labute approximate surface area is 160 Å². The van der Waals surface area contributed by atoms with E-state index in [1.54, 1.807) is 7.05 Å². The molecule has 0 aliphatic rings. The van der Waals surface area contributed by atoms with Gasteiger partial charge in [-0.2, -0.15) is 5.10 Å². The Balaban J connectivity index is 1.44. The minimum atomic E-state index is -0.0547. The molecule has 5 heteroatoms. The Morgan fingerprint density at radius 1 is 1.07 bits per heavy atom. The molecule has 2 N–H and O–H groups in total. The lowest BCUT2D eigenvalue weighted by Gasteiger charge is -2.06. The molecule has 0 unspecified atom stereocenters. The first-order valence-electron chi connectivity index (χ1n) is 9.29. The standard InChI is InChI=1S/C22H26N4O/c1-17-20(16-26(25-17)21-8-4-3-5-9-21)7-6-14-24-15-18-10-12-19(13-11-18)22(27)23-2/h3-5,8-13,16,24H,6-7,14-15H2,1-2H3,(H,23,27). The summed E-state index contributed by atoms with van der Waals surface area (Å²) in [6, 6.07) is 17.9. The molecule has 0 bridgehead atoms. The van der Waals surface area contributed by atoms with E-state index in [0.717, 1.165) is 37.3 Å². The van der Waals surface area contributed by atoms with Crippen molar-refractivity contribution in [2.24, 2.45) is 0 Å². The number of hydrogen-bond donors (Lipinski definition) is 2. The van der Waals surface area contributed by atoms with Crippen LogP contribution in [0.15, 0.2) is 60.8 Å². The van der Waals surface area contributed by atoms with E-state index in [1.165, 1.54) is 11.1 Å². The van der Waals surface area contributed by atoms with Gasteiger partial charge in [0.15, 0.2) is 0 Å². The van der Waals surface area contributed by atoms with Gasteiger partial charge in [0, 0.05) is 25.4 Å². The molecule has 1 aromatic heterocycles. The molecule has 0 saturated heterocycles. The van der Waals surface area contributed by atoms with Crippen molar-refractivity contribution < 1.29 is 4.79 Å². The fourth-order valence-corrected chi connectivity index (χ4v) is 3.01. The Morgan fingerprint density at radius 3 is 2.52 bits per heavy atom. The predicted octanol–water partition coefficient (Wildman–Crippen LogP) is 3.26. The first kappa shape index (κ1) is 18.9. The van der Waals surface area contributed by atoms with Crippen LogP contribution in [-0.2, 0) is 13.0 Å². The molecule has 0 aliphatic carbocycles. The number of benzene rings is 2.